The monoisotopic (exact) mass is 358 g/mol. The number of carbonyl (C=O) groups excluding carboxylic acids is 1. The van der Waals surface area contributed by atoms with Gasteiger partial charge in [-0.25, -0.2) is 0 Å². The fourth-order valence-electron chi connectivity index (χ4n) is 2.70. The summed E-state index contributed by atoms with van der Waals surface area (Å²) < 4.78 is 0. The number of hydrogen-bond acceptors (Lipinski definition) is 3. The quantitative estimate of drug-likeness (QED) is 0.507. The molecule has 0 spiro atoms. The summed E-state index contributed by atoms with van der Waals surface area (Å²) in [6, 6.07) is 0. The first-order valence-corrected chi connectivity index (χ1v) is 9.29. The Bertz CT molecular complexity index is 581. The summed E-state index contributed by atoms with van der Waals surface area (Å²) in [5.74, 6) is -0.766. The lowest BCUT2D eigenvalue weighted by atomic mass is 9.91. The highest BCUT2D eigenvalue weighted by atomic mass is 16.4. The molecule has 142 valence electrons. The third kappa shape index (κ3) is 9.33. The van der Waals surface area contributed by atoms with E-state index in [4.69, 9.17) is 5.11 Å². The fraction of sp³-hybridized carbons (Fsp3) is 0.455. The molecule has 0 amide bonds. The lowest BCUT2D eigenvalue weighted by Crippen LogP contribution is -2.14. The molecule has 4 nitrogen and oxygen atoms in total. The van der Waals surface area contributed by atoms with Crippen molar-refractivity contribution in [2.75, 3.05) is 0 Å². The molecule has 0 aliphatic heterocycles. The highest BCUT2D eigenvalue weighted by Crippen LogP contribution is 2.27. The van der Waals surface area contributed by atoms with Gasteiger partial charge in [-0.2, -0.15) is 0 Å². The minimum atomic E-state index is -0.784. The van der Waals surface area contributed by atoms with Crippen LogP contribution in [0.25, 0.3) is 0 Å². The van der Waals surface area contributed by atoms with Gasteiger partial charge in [0.15, 0.2) is 5.78 Å². The van der Waals surface area contributed by atoms with Crippen LogP contribution in [0.15, 0.2) is 60.8 Å². The number of ketones is 1. The van der Waals surface area contributed by atoms with Crippen LogP contribution in [-0.2, 0) is 9.59 Å². The maximum absolute atomic E-state index is 12.0. The lowest BCUT2D eigenvalue weighted by molar-refractivity contribution is -0.136. The summed E-state index contributed by atoms with van der Waals surface area (Å²) >= 11 is 0. The smallest absolute Gasteiger partial charge is 0.303 e. The van der Waals surface area contributed by atoms with Gasteiger partial charge in [-0.3, -0.25) is 9.59 Å². The minimum absolute atomic E-state index is 0.0875. The zero-order valence-electron chi connectivity index (χ0n) is 15.5. The molecule has 0 heterocycles. The average Bonchev–Trinajstić information content (AvgIpc) is 2.95. The normalized spacial score (nSPS) is 21.8. The van der Waals surface area contributed by atoms with E-state index < -0.39 is 12.1 Å². The minimum Gasteiger partial charge on any atom is -0.481 e. The van der Waals surface area contributed by atoms with Crippen molar-refractivity contribution < 1.29 is 19.8 Å². The van der Waals surface area contributed by atoms with Crippen molar-refractivity contribution in [2.24, 2.45) is 11.8 Å². The van der Waals surface area contributed by atoms with Gasteiger partial charge in [-0.05, 0) is 44.1 Å². The number of hydrogen-bond donors (Lipinski definition) is 2. The predicted octanol–water partition coefficient (Wildman–Crippen LogP) is 4.39. The largest absolute Gasteiger partial charge is 0.481 e. The summed E-state index contributed by atoms with van der Waals surface area (Å²) in [5, 5.41) is 18.5. The first-order chi connectivity index (χ1) is 12.5. The second kappa shape index (κ2) is 13.1. The van der Waals surface area contributed by atoms with E-state index in [9.17, 15) is 14.7 Å². The van der Waals surface area contributed by atoms with Crippen LogP contribution in [0.2, 0.25) is 0 Å². The van der Waals surface area contributed by atoms with Gasteiger partial charge < -0.3 is 10.2 Å². The van der Waals surface area contributed by atoms with Crippen LogP contribution in [0.3, 0.4) is 0 Å². The Morgan fingerprint density at radius 1 is 1.19 bits per heavy atom. The van der Waals surface area contributed by atoms with Crippen molar-refractivity contribution in [3.63, 3.8) is 0 Å². The van der Waals surface area contributed by atoms with E-state index in [0.29, 0.717) is 12.8 Å². The molecule has 4 heteroatoms. The second-order valence-electron chi connectivity index (χ2n) is 6.37. The van der Waals surface area contributed by atoms with Crippen LogP contribution in [0, 0.1) is 11.8 Å². The van der Waals surface area contributed by atoms with Gasteiger partial charge in [-0.1, -0.05) is 61.6 Å². The third-order valence-electron chi connectivity index (χ3n) is 4.16. The van der Waals surface area contributed by atoms with E-state index in [0.717, 1.165) is 19.3 Å². The zero-order valence-corrected chi connectivity index (χ0v) is 15.5. The number of aliphatic hydroxyl groups excluding tert-OH is 1. The highest BCUT2D eigenvalue weighted by molar-refractivity contribution is 5.95. The average molecular weight is 358 g/mol. The van der Waals surface area contributed by atoms with Crippen molar-refractivity contribution in [1.82, 2.24) is 0 Å². The van der Waals surface area contributed by atoms with Crippen LogP contribution < -0.4 is 0 Å². The SMILES string of the molecule is CC/C=C\C[C@H](O)/C=C/[C@@H]1C(=O)C=C[C@H]1C/C=C\C/C=C\CCC(=O)O. The molecule has 0 aromatic carbocycles. The molecular formula is C22H30O4. The molecule has 0 unspecified atom stereocenters. The number of rotatable bonds is 12. The van der Waals surface area contributed by atoms with Gasteiger partial charge in [0.25, 0.3) is 0 Å². The van der Waals surface area contributed by atoms with Crippen molar-refractivity contribution in [2.45, 2.75) is 51.6 Å². The number of aliphatic carboxylic acids is 1. The van der Waals surface area contributed by atoms with Crippen LogP contribution in [0.4, 0.5) is 0 Å². The first kappa shape index (κ1) is 21.8. The molecule has 0 saturated heterocycles. The zero-order chi connectivity index (χ0) is 19.2. The van der Waals surface area contributed by atoms with E-state index in [1.807, 2.05) is 49.5 Å². The van der Waals surface area contributed by atoms with Crippen molar-refractivity contribution in [3.05, 3.63) is 60.8 Å². The second-order valence-corrected chi connectivity index (χ2v) is 6.37. The Morgan fingerprint density at radius 3 is 2.69 bits per heavy atom. The Kier molecular flexibility index (Phi) is 11.0. The Morgan fingerprint density at radius 2 is 1.96 bits per heavy atom. The molecule has 0 radical (unpaired) electrons. The number of aliphatic hydroxyl groups is 1. The van der Waals surface area contributed by atoms with E-state index in [-0.39, 0.29) is 24.0 Å². The van der Waals surface area contributed by atoms with Crippen LogP contribution in [0.5, 0.6) is 0 Å². The molecule has 3 atom stereocenters. The third-order valence-corrected chi connectivity index (χ3v) is 4.16. The number of carboxylic acid groups (broad SMARTS) is 1. The van der Waals surface area contributed by atoms with Crippen molar-refractivity contribution in [1.29, 1.82) is 0 Å². The van der Waals surface area contributed by atoms with Gasteiger partial charge in [0, 0.05) is 12.3 Å². The van der Waals surface area contributed by atoms with E-state index in [2.05, 4.69) is 6.08 Å². The highest BCUT2D eigenvalue weighted by Gasteiger charge is 2.26. The summed E-state index contributed by atoms with van der Waals surface area (Å²) in [4.78, 5) is 22.4. The molecule has 26 heavy (non-hydrogen) atoms. The number of carbonyl (C=O) groups is 2. The van der Waals surface area contributed by atoms with Gasteiger partial charge >= 0.3 is 5.97 Å². The predicted molar refractivity (Wildman–Crippen MR) is 105 cm³/mol. The molecule has 1 aliphatic rings. The Hall–Kier alpha value is -2.20. The van der Waals surface area contributed by atoms with Crippen LogP contribution in [0.1, 0.15) is 45.4 Å². The van der Waals surface area contributed by atoms with Crippen LogP contribution in [-0.4, -0.2) is 28.1 Å². The van der Waals surface area contributed by atoms with E-state index in [1.165, 1.54) is 0 Å². The Labute approximate surface area is 156 Å². The van der Waals surface area contributed by atoms with E-state index in [1.54, 1.807) is 12.2 Å². The molecule has 1 aliphatic carbocycles. The molecule has 0 saturated carbocycles. The maximum atomic E-state index is 12.0. The summed E-state index contributed by atoms with van der Waals surface area (Å²) in [6.07, 6.45) is 22.2. The maximum Gasteiger partial charge on any atom is 0.303 e. The molecular weight excluding hydrogens is 328 g/mol. The Balaban J connectivity index is 2.39. The van der Waals surface area contributed by atoms with Gasteiger partial charge in [0.05, 0.1) is 6.10 Å². The van der Waals surface area contributed by atoms with Gasteiger partial charge in [0.1, 0.15) is 0 Å². The number of carboxylic acids is 1. The summed E-state index contributed by atoms with van der Waals surface area (Å²) in [6.45, 7) is 2.05. The molecule has 0 aromatic rings. The summed E-state index contributed by atoms with van der Waals surface area (Å²) in [7, 11) is 0. The summed E-state index contributed by atoms with van der Waals surface area (Å²) in [5.41, 5.74) is 0. The molecule has 2 N–H and O–H groups in total. The van der Waals surface area contributed by atoms with Crippen LogP contribution >= 0.6 is 0 Å². The number of allylic oxidation sites excluding steroid dienone is 8. The van der Waals surface area contributed by atoms with E-state index >= 15 is 0 Å². The fourth-order valence-corrected chi connectivity index (χ4v) is 2.70. The van der Waals surface area contributed by atoms with Gasteiger partial charge in [-0.15, -0.1) is 0 Å². The van der Waals surface area contributed by atoms with Crippen molar-refractivity contribution in [3.8, 4) is 0 Å². The molecule has 0 bridgehead atoms. The van der Waals surface area contributed by atoms with Crippen molar-refractivity contribution >= 4 is 11.8 Å². The lowest BCUT2D eigenvalue weighted by Gasteiger charge is -2.13. The topological polar surface area (TPSA) is 74.6 Å². The molecule has 1 rings (SSSR count). The molecule has 0 fully saturated rings. The first-order valence-electron chi connectivity index (χ1n) is 9.29. The molecule has 0 aromatic heterocycles. The van der Waals surface area contributed by atoms with Gasteiger partial charge in [0.2, 0.25) is 0 Å². The standard InChI is InChI=1S/C22H30O4/c1-2-3-8-12-19(23)15-16-20-18(14-17-21(20)24)11-9-6-4-5-7-10-13-22(25)26/h3,5-9,14-20,23H,2,4,10-13H2,1H3,(H,25,26)/b7-5-,8-3-,9-6-,16-15+/t18-,19+,20+/m1/s1.